The number of amides is 1. The topological polar surface area (TPSA) is 75.6 Å². The molecule has 96 valence electrons. The van der Waals surface area contributed by atoms with Crippen LogP contribution in [0.5, 0.6) is 0 Å². The normalized spacial score (nSPS) is 19.9. The zero-order valence-corrected chi connectivity index (χ0v) is 10.3. The maximum absolute atomic E-state index is 11.2. The van der Waals surface area contributed by atoms with Gasteiger partial charge in [-0.1, -0.05) is 26.5 Å². The number of nitrogens with one attached hydrogen (secondary N) is 1. The van der Waals surface area contributed by atoms with Crippen LogP contribution in [0, 0.1) is 10.8 Å². The number of carboxylic acids is 1. The number of carboxylic acid groups (broad SMARTS) is 1. The monoisotopic (exact) mass is 241 g/mol. The van der Waals surface area contributed by atoms with Crippen LogP contribution in [0.1, 0.15) is 26.7 Å². The second-order valence-electron chi connectivity index (χ2n) is 5.34. The third kappa shape index (κ3) is 3.22. The summed E-state index contributed by atoms with van der Waals surface area (Å²) in [5, 5.41) is 11.7. The third-order valence-electron chi connectivity index (χ3n) is 2.99. The predicted molar refractivity (Wildman–Crippen MR) is 62.6 cm³/mol. The summed E-state index contributed by atoms with van der Waals surface area (Å²) in [6.07, 6.45) is 1.99. The lowest BCUT2D eigenvalue weighted by Gasteiger charge is -2.50. The molecule has 0 aromatic rings. The molecule has 0 aromatic carbocycles. The van der Waals surface area contributed by atoms with Gasteiger partial charge in [-0.2, -0.15) is 0 Å². The van der Waals surface area contributed by atoms with Crippen molar-refractivity contribution in [2.75, 3.05) is 13.2 Å². The maximum atomic E-state index is 11.2. The van der Waals surface area contributed by atoms with E-state index in [4.69, 9.17) is 4.74 Å². The Morgan fingerprint density at radius 3 is 2.47 bits per heavy atom. The fourth-order valence-corrected chi connectivity index (χ4v) is 2.56. The first-order valence-corrected chi connectivity index (χ1v) is 5.56. The van der Waals surface area contributed by atoms with E-state index in [0.717, 1.165) is 0 Å². The molecule has 0 saturated heterocycles. The number of carbonyl (C=O) groups excluding carboxylic acids is 1. The van der Waals surface area contributed by atoms with Crippen LogP contribution in [-0.4, -0.2) is 30.3 Å². The van der Waals surface area contributed by atoms with Gasteiger partial charge in [0.1, 0.15) is 6.61 Å². The van der Waals surface area contributed by atoms with E-state index in [1.807, 2.05) is 13.8 Å². The van der Waals surface area contributed by atoms with Gasteiger partial charge in [0.25, 0.3) is 0 Å². The fraction of sp³-hybridized carbons (Fsp3) is 0.667. The van der Waals surface area contributed by atoms with Crippen LogP contribution < -0.4 is 5.32 Å². The Morgan fingerprint density at radius 2 is 2.06 bits per heavy atom. The van der Waals surface area contributed by atoms with Crippen molar-refractivity contribution < 1.29 is 19.4 Å². The molecular formula is C12H19NO4. The minimum absolute atomic E-state index is 0.0328. The van der Waals surface area contributed by atoms with Gasteiger partial charge < -0.3 is 15.2 Å². The fourth-order valence-electron chi connectivity index (χ4n) is 2.56. The zero-order chi connectivity index (χ0) is 13.1. The van der Waals surface area contributed by atoms with Crippen molar-refractivity contribution in [1.82, 2.24) is 5.32 Å². The summed E-state index contributed by atoms with van der Waals surface area (Å²) in [7, 11) is 0. The van der Waals surface area contributed by atoms with Crippen molar-refractivity contribution in [3.8, 4) is 0 Å². The first-order valence-electron chi connectivity index (χ1n) is 5.56. The Hall–Kier alpha value is -1.52. The molecule has 1 amide bonds. The molecule has 1 aliphatic carbocycles. The van der Waals surface area contributed by atoms with Crippen LogP contribution in [0.3, 0.4) is 0 Å². The van der Waals surface area contributed by atoms with E-state index in [1.165, 1.54) is 6.08 Å². The van der Waals surface area contributed by atoms with Gasteiger partial charge in [-0.3, -0.25) is 4.79 Å². The average molecular weight is 241 g/mol. The van der Waals surface area contributed by atoms with Crippen molar-refractivity contribution in [2.24, 2.45) is 10.8 Å². The van der Waals surface area contributed by atoms with E-state index in [9.17, 15) is 14.7 Å². The highest BCUT2D eigenvalue weighted by molar-refractivity contribution is 5.78. The van der Waals surface area contributed by atoms with Crippen molar-refractivity contribution in [3.05, 3.63) is 12.7 Å². The molecule has 0 spiro atoms. The molecule has 1 rings (SSSR count). The molecule has 0 atom stereocenters. The van der Waals surface area contributed by atoms with Gasteiger partial charge in [0.2, 0.25) is 0 Å². The molecule has 1 aliphatic rings. The van der Waals surface area contributed by atoms with Crippen LogP contribution in [0.2, 0.25) is 0 Å². The van der Waals surface area contributed by atoms with E-state index >= 15 is 0 Å². The quantitative estimate of drug-likeness (QED) is 0.719. The summed E-state index contributed by atoms with van der Waals surface area (Å²) in [6.45, 7) is 7.69. The van der Waals surface area contributed by atoms with Crippen LogP contribution in [-0.2, 0) is 9.53 Å². The van der Waals surface area contributed by atoms with Crippen LogP contribution >= 0.6 is 0 Å². The molecule has 5 nitrogen and oxygen atoms in total. The lowest BCUT2D eigenvalue weighted by atomic mass is 9.54. The first kappa shape index (κ1) is 13.5. The first-order chi connectivity index (χ1) is 7.81. The number of ether oxygens (including phenoxy) is 1. The summed E-state index contributed by atoms with van der Waals surface area (Å²) in [5.41, 5.74) is -0.804. The van der Waals surface area contributed by atoms with Gasteiger partial charge in [-0.15, -0.1) is 0 Å². The van der Waals surface area contributed by atoms with Gasteiger partial charge in [-0.25, -0.2) is 4.79 Å². The Morgan fingerprint density at radius 1 is 1.47 bits per heavy atom. The summed E-state index contributed by atoms with van der Waals surface area (Å²) in [5.74, 6) is -0.860. The molecule has 2 N–H and O–H groups in total. The lowest BCUT2D eigenvalue weighted by molar-refractivity contribution is -0.162. The third-order valence-corrected chi connectivity index (χ3v) is 2.99. The van der Waals surface area contributed by atoms with E-state index < -0.39 is 17.5 Å². The molecule has 0 aromatic heterocycles. The van der Waals surface area contributed by atoms with E-state index in [0.29, 0.717) is 12.8 Å². The number of aliphatic carboxylic acids is 1. The minimum Gasteiger partial charge on any atom is -0.481 e. The number of carbonyl (C=O) groups is 2. The predicted octanol–water partition coefficient (Wildman–Crippen LogP) is 1.79. The highest BCUT2D eigenvalue weighted by Gasteiger charge is 2.54. The van der Waals surface area contributed by atoms with Gasteiger partial charge >= 0.3 is 12.1 Å². The molecule has 17 heavy (non-hydrogen) atoms. The summed E-state index contributed by atoms with van der Waals surface area (Å²) >= 11 is 0. The number of rotatable bonds is 5. The molecule has 1 fully saturated rings. The highest BCUT2D eigenvalue weighted by Crippen LogP contribution is 2.53. The zero-order valence-electron chi connectivity index (χ0n) is 10.3. The van der Waals surface area contributed by atoms with Crippen molar-refractivity contribution >= 4 is 12.1 Å². The largest absolute Gasteiger partial charge is 0.481 e. The lowest BCUT2D eigenvalue weighted by Crippen LogP contribution is -2.54. The van der Waals surface area contributed by atoms with Crippen LogP contribution in [0.25, 0.3) is 0 Å². The second-order valence-corrected chi connectivity index (χ2v) is 5.34. The van der Waals surface area contributed by atoms with E-state index in [-0.39, 0.29) is 18.6 Å². The van der Waals surface area contributed by atoms with Crippen molar-refractivity contribution in [3.63, 3.8) is 0 Å². The minimum atomic E-state index is -0.860. The smallest absolute Gasteiger partial charge is 0.407 e. The average Bonchev–Trinajstić information content (AvgIpc) is 2.19. The second kappa shape index (κ2) is 4.77. The molecule has 0 unspecified atom stereocenters. The van der Waals surface area contributed by atoms with E-state index in [2.05, 4.69) is 11.9 Å². The molecule has 5 heteroatoms. The van der Waals surface area contributed by atoms with Gasteiger partial charge in [-0.05, 0) is 18.3 Å². The molecule has 0 aliphatic heterocycles. The Labute approximate surface area is 101 Å². The SMILES string of the molecule is C=CCOC(=O)NCC1(C(=O)O)CC(C)(C)C1. The molecule has 0 heterocycles. The van der Waals surface area contributed by atoms with Gasteiger partial charge in [0, 0.05) is 6.54 Å². The van der Waals surface area contributed by atoms with Gasteiger partial charge in [0.05, 0.1) is 5.41 Å². The van der Waals surface area contributed by atoms with Crippen LogP contribution in [0.4, 0.5) is 4.79 Å². The summed E-state index contributed by atoms with van der Waals surface area (Å²) < 4.78 is 4.73. The van der Waals surface area contributed by atoms with E-state index in [1.54, 1.807) is 0 Å². The van der Waals surface area contributed by atoms with Gasteiger partial charge in [0.15, 0.2) is 0 Å². The highest BCUT2D eigenvalue weighted by atomic mass is 16.5. The number of alkyl carbamates (subject to hydrolysis) is 1. The molecule has 1 saturated carbocycles. The van der Waals surface area contributed by atoms with Crippen molar-refractivity contribution in [1.29, 1.82) is 0 Å². The number of hydrogen-bond donors (Lipinski definition) is 2. The summed E-state index contributed by atoms with van der Waals surface area (Å²) in [6, 6.07) is 0. The standard InChI is InChI=1S/C12H19NO4/c1-4-5-17-10(16)13-8-12(9(14)15)6-11(2,3)7-12/h4H,1,5-8H2,2-3H3,(H,13,16)(H,14,15). The molecule has 0 radical (unpaired) electrons. The summed E-state index contributed by atoms with van der Waals surface area (Å²) in [4.78, 5) is 22.4. The maximum Gasteiger partial charge on any atom is 0.407 e. The Kier molecular flexibility index (Phi) is 3.80. The van der Waals surface area contributed by atoms with Crippen molar-refractivity contribution in [2.45, 2.75) is 26.7 Å². The Bertz CT molecular complexity index is 327. The Balaban J connectivity index is 2.45. The molecular weight excluding hydrogens is 222 g/mol. The molecule has 0 bridgehead atoms. The van der Waals surface area contributed by atoms with Crippen LogP contribution in [0.15, 0.2) is 12.7 Å². The number of hydrogen-bond acceptors (Lipinski definition) is 3.